The third kappa shape index (κ3) is 2.81. The molecule has 0 bridgehead atoms. The molecule has 0 aliphatic carbocycles. The van der Waals surface area contributed by atoms with Crippen LogP contribution < -0.4 is 10.5 Å². The van der Waals surface area contributed by atoms with Crippen molar-refractivity contribution >= 4 is 21.9 Å². The van der Waals surface area contributed by atoms with Crippen LogP contribution in [0.3, 0.4) is 0 Å². The molecule has 5 N–H and O–H groups in total. The summed E-state index contributed by atoms with van der Waals surface area (Å²) in [5.74, 6) is -2.12. The molecule has 88 valence electrons. The number of carboxylic acid groups (broad SMARTS) is 1. The van der Waals surface area contributed by atoms with Gasteiger partial charge in [0.25, 0.3) is 5.91 Å². The van der Waals surface area contributed by atoms with Gasteiger partial charge >= 0.3 is 5.97 Å². The summed E-state index contributed by atoms with van der Waals surface area (Å²) in [5, 5.41) is 8.31. The molecule has 16 heavy (non-hydrogen) atoms. The van der Waals surface area contributed by atoms with E-state index >= 15 is 0 Å². The predicted molar refractivity (Wildman–Crippen MR) is 52.1 cm³/mol. The molecule has 1 amide bonds. The Morgan fingerprint density at radius 2 is 2.12 bits per heavy atom. The predicted octanol–water partition coefficient (Wildman–Crippen LogP) is -1.52. The minimum absolute atomic E-state index is 0.0734. The highest BCUT2D eigenvalue weighted by atomic mass is 32.2. The number of primary amides is 1. The van der Waals surface area contributed by atoms with E-state index in [9.17, 15) is 18.0 Å². The van der Waals surface area contributed by atoms with E-state index in [-0.39, 0.29) is 10.6 Å². The molecule has 0 aromatic carbocycles. The summed E-state index contributed by atoms with van der Waals surface area (Å²) in [7, 11) is -3.94. The topological polar surface area (TPSA) is 142 Å². The maximum absolute atomic E-state index is 11.4. The number of H-pyrrole nitrogens is 1. The SMILES string of the molecule is NC(=O)c1cc(S(=O)(=O)NCC(=O)O)c[nH]1. The molecule has 0 saturated heterocycles. The Morgan fingerprint density at radius 3 is 2.56 bits per heavy atom. The largest absolute Gasteiger partial charge is 0.480 e. The first kappa shape index (κ1) is 12.2. The van der Waals surface area contributed by atoms with E-state index in [0.717, 1.165) is 12.3 Å². The highest BCUT2D eigenvalue weighted by Crippen LogP contribution is 2.09. The Morgan fingerprint density at radius 1 is 1.50 bits per heavy atom. The van der Waals surface area contributed by atoms with Crippen LogP contribution in [-0.4, -0.2) is 36.9 Å². The van der Waals surface area contributed by atoms with Crippen molar-refractivity contribution < 1.29 is 23.1 Å². The Bertz CT molecular complexity index is 518. The molecule has 0 aliphatic heterocycles. The maximum Gasteiger partial charge on any atom is 0.318 e. The number of nitrogens with two attached hydrogens (primary N) is 1. The lowest BCUT2D eigenvalue weighted by atomic mass is 10.4. The van der Waals surface area contributed by atoms with Gasteiger partial charge in [0.1, 0.15) is 17.1 Å². The minimum Gasteiger partial charge on any atom is -0.480 e. The summed E-state index contributed by atoms with van der Waals surface area (Å²) >= 11 is 0. The van der Waals surface area contributed by atoms with Crippen LogP contribution in [0.25, 0.3) is 0 Å². The summed E-state index contributed by atoms with van der Waals surface area (Å²) in [5.41, 5.74) is 4.84. The number of carboxylic acids is 1. The Hall–Kier alpha value is -1.87. The first-order valence-electron chi connectivity index (χ1n) is 4.02. The highest BCUT2D eigenvalue weighted by molar-refractivity contribution is 7.89. The van der Waals surface area contributed by atoms with E-state index in [1.54, 1.807) is 0 Å². The molecule has 1 rings (SSSR count). The lowest BCUT2D eigenvalue weighted by Crippen LogP contribution is -2.29. The van der Waals surface area contributed by atoms with Crippen LogP contribution in [-0.2, 0) is 14.8 Å². The van der Waals surface area contributed by atoms with Crippen molar-refractivity contribution in [3.63, 3.8) is 0 Å². The molecule has 0 saturated carbocycles. The molecule has 1 aromatic heterocycles. The lowest BCUT2D eigenvalue weighted by Gasteiger charge is -2.00. The summed E-state index contributed by atoms with van der Waals surface area (Å²) in [4.78, 5) is 23.0. The van der Waals surface area contributed by atoms with E-state index in [0.29, 0.717) is 0 Å². The summed E-state index contributed by atoms with van der Waals surface area (Å²) in [6.07, 6.45) is 1.05. The number of carbonyl (C=O) groups is 2. The smallest absolute Gasteiger partial charge is 0.318 e. The number of nitrogens with one attached hydrogen (secondary N) is 2. The van der Waals surface area contributed by atoms with E-state index < -0.39 is 28.4 Å². The van der Waals surface area contributed by atoms with Crippen molar-refractivity contribution in [1.29, 1.82) is 0 Å². The van der Waals surface area contributed by atoms with Crippen molar-refractivity contribution in [1.82, 2.24) is 9.71 Å². The van der Waals surface area contributed by atoms with Gasteiger partial charge in [0, 0.05) is 6.20 Å². The van der Waals surface area contributed by atoms with Gasteiger partial charge in [-0.3, -0.25) is 9.59 Å². The van der Waals surface area contributed by atoms with E-state index in [1.807, 2.05) is 4.72 Å². The second-order valence-electron chi connectivity index (χ2n) is 2.83. The van der Waals surface area contributed by atoms with Gasteiger partial charge in [0.05, 0.1) is 0 Å². The first-order valence-corrected chi connectivity index (χ1v) is 5.51. The van der Waals surface area contributed by atoms with Gasteiger partial charge in [0.15, 0.2) is 0 Å². The fraction of sp³-hybridized carbons (Fsp3) is 0.143. The fourth-order valence-corrected chi connectivity index (χ4v) is 1.88. The van der Waals surface area contributed by atoms with Crippen molar-refractivity contribution in [2.75, 3.05) is 6.54 Å². The summed E-state index contributed by atoms with van der Waals surface area (Å²) in [6, 6.07) is 1.02. The normalized spacial score (nSPS) is 11.2. The molecule has 0 radical (unpaired) electrons. The third-order valence-electron chi connectivity index (χ3n) is 1.65. The quantitative estimate of drug-likeness (QED) is 0.499. The molecule has 1 heterocycles. The molecule has 0 fully saturated rings. The molecule has 1 aromatic rings. The van der Waals surface area contributed by atoms with Gasteiger partial charge in [-0.2, -0.15) is 4.72 Å². The number of amides is 1. The van der Waals surface area contributed by atoms with Gasteiger partial charge < -0.3 is 15.8 Å². The zero-order chi connectivity index (χ0) is 12.3. The van der Waals surface area contributed by atoms with Crippen LogP contribution in [0.4, 0.5) is 0 Å². The zero-order valence-corrected chi connectivity index (χ0v) is 8.74. The van der Waals surface area contributed by atoms with E-state index in [4.69, 9.17) is 10.8 Å². The zero-order valence-electron chi connectivity index (χ0n) is 7.93. The summed E-state index contributed by atoms with van der Waals surface area (Å²) in [6.45, 7) is -0.737. The number of sulfonamides is 1. The van der Waals surface area contributed by atoms with Gasteiger partial charge in [-0.05, 0) is 6.07 Å². The second kappa shape index (κ2) is 4.33. The van der Waals surface area contributed by atoms with Gasteiger partial charge in [-0.25, -0.2) is 8.42 Å². The monoisotopic (exact) mass is 247 g/mol. The molecular weight excluding hydrogens is 238 g/mol. The Kier molecular flexibility index (Phi) is 3.30. The van der Waals surface area contributed by atoms with Crippen LogP contribution >= 0.6 is 0 Å². The maximum atomic E-state index is 11.4. The highest BCUT2D eigenvalue weighted by Gasteiger charge is 2.18. The van der Waals surface area contributed by atoms with Crippen LogP contribution in [0.2, 0.25) is 0 Å². The Balaban J connectivity index is 2.90. The van der Waals surface area contributed by atoms with Crippen LogP contribution in [0.1, 0.15) is 10.5 Å². The van der Waals surface area contributed by atoms with Gasteiger partial charge in [-0.1, -0.05) is 0 Å². The minimum atomic E-state index is -3.94. The molecular formula is C7H9N3O5S. The molecule has 8 nitrogen and oxygen atoms in total. The number of aromatic nitrogens is 1. The van der Waals surface area contributed by atoms with Crippen molar-refractivity contribution in [3.8, 4) is 0 Å². The average Bonchev–Trinajstić information content (AvgIpc) is 2.64. The number of hydrogen-bond donors (Lipinski definition) is 4. The molecule has 0 atom stereocenters. The van der Waals surface area contributed by atoms with Crippen molar-refractivity contribution in [2.24, 2.45) is 5.73 Å². The molecule has 0 aliphatic rings. The Labute approximate surface area is 90.5 Å². The fourth-order valence-electron chi connectivity index (χ4n) is 0.912. The first-order chi connectivity index (χ1) is 7.33. The standard InChI is InChI=1S/C7H9N3O5S/c8-7(13)5-1-4(2-9-5)16(14,15)10-3-6(11)12/h1-2,9-10H,3H2,(H2,8,13)(H,11,12). The third-order valence-corrected chi connectivity index (χ3v) is 3.03. The van der Waals surface area contributed by atoms with Crippen molar-refractivity contribution in [3.05, 3.63) is 18.0 Å². The average molecular weight is 247 g/mol. The van der Waals surface area contributed by atoms with E-state index in [1.165, 1.54) is 0 Å². The number of aliphatic carboxylic acids is 1. The second-order valence-corrected chi connectivity index (χ2v) is 4.60. The number of hydrogen-bond acceptors (Lipinski definition) is 4. The van der Waals surface area contributed by atoms with Gasteiger partial charge in [-0.15, -0.1) is 0 Å². The number of aromatic amines is 1. The van der Waals surface area contributed by atoms with Crippen LogP contribution in [0.15, 0.2) is 17.2 Å². The number of carbonyl (C=O) groups excluding carboxylic acids is 1. The van der Waals surface area contributed by atoms with Crippen LogP contribution in [0.5, 0.6) is 0 Å². The molecule has 0 unspecified atom stereocenters. The van der Waals surface area contributed by atoms with Crippen molar-refractivity contribution in [2.45, 2.75) is 4.90 Å². The van der Waals surface area contributed by atoms with Crippen LogP contribution in [0, 0.1) is 0 Å². The number of rotatable bonds is 5. The summed E-state index contributed by atoms with van der Waals surface area (Å²) < 4.78 is 24.7. The van der Waals surface area contributed by atoms with Gasteiger partial charge in [0.2, 0.25) is 10.0 Å². The lowest BCUT2D eigenvalue weighted by molar-refractivity contribution is -0.135. The van der Waals surface area contributed by atoms with E-state index in [2.05, 4.69) is 4.98 Å². The molecule has 9 heteroatoms. The molecule has 0 spiro atoms.